The third-order valence-corrected chi connectivity index (χ3v) is 8.17. The Balaban J connectivity index is 1.29. The number of Topliss-reactive ketones (excluding diaryl/α,β-unsaturated/α-hetero) is 2. The van der Waals surface area contributed by atoms with Gasteiger partial charge in [-0.15, -0.1) is 11.3 Å². The summed E-state index contributed by atoms with van der Waals surface area (Å²) in [6, 6.07) is 26.7. The van der Waals surface area contributed by atoms with E-state index in [0.29, 0.717) is 11.1 Å². The van der Waals surface area contributed by atoms with Gasteiger partial charge in [-0.05, 0) is 68.5 Å². The SMILES string of the molecule is Cc1ccc(N(c2ccc(C)cc2)c2ccc3c(c2)oc2cc(/C=C4/C(=O)c5ccncc5C4=O)sc23)cc1. The number of pyridine rings is 1. The number of hydrogen-bond acceptors (Lipinski definition) is 6. The molecule has 0 saturated carbocycles. The van der Waals surface area contributed by atoms with Gasteiger partial charge in [0.2, 0.25) is 0 Å². The second-order valence-electron chi connectivity index (χ2n) is 9.77. The summed E-state index contributed by atoms with van der Waals surface area (Å²) in [7, 11) is 0. The maximum atomic E-state index is 12.8. The lowest BCUT2D eigenvalue weighted by Gasteiger charge is -2.25. The molecular formula is C33H22N2O3S. The highest BCUT2D eigenvalue weighted by Gasteiger charge is 2.33. The maximum absolute atomic E-state index is 12.8. The third kappa shape index (κ3) is 3.88. The number of anilines is 3. The molecule has 0 saturated heterocycles. The van der Waals surface area contributed by atoms with Crippen LogP contribution in [0.5, 0.6) is 0 Å². The molecule has 3 aromatic carbocycles. The predicted molar refractivity (Wildman–Crippen MR) is 157 cm³/mol. The molecule has 3 aromatic heterocycles. The van der Waals surface area contributed by atoms with Crippen LogP contribution >= 0.6 is 11.3 Å². The summed E-state index contributed by atoms with van der Waals surface area (Å²) in [5.74, 6) is -0.542. The van der Waals surface area contributed by atoms with Crippen molar-refractivity contribution in [2.45, 2.75) is 13.8 Å². The van der Waals surface area contributed by atoms with Crippen LogP contribution in [0.1, 0.15) is 36.7 Å². The summed E-state index contributed by atoms with van der Waals surface area (Å²) < 4.78 is 7.27. The first-order valence-electron chi connectivity index (χ1n) is 12.6. The fourth-order valence-corrected chi connectivity index (χ4v) is 6.10. The van der Waals surface area contributed by atoms with E-state index in [4.69, 9.17) is 4.42 Å². The normalized spacial score (nSPS) is 14.1. The molecule has 0 fully saturated rings. The molecule has 6 heteroatoms. The van der Waals surface area contributed by atoms with Crippen molar-refractivity contribution in [3.63, 3.8) is 0 Å². The molecule has 5 nitrogen and oxygen atoms in total. The predicted octanol–water partition coefficient (Wildman–Crippen LogP) is 8.59. The highest BCUT2D eigenvalue weighted by atomic mass is 32.1. The number of ketones is 2. The number of benzene rings is 3. The first kappa shape index (κ1) is 23.3. The van der Waals surface area contributed by atoms with E-state index >= 15 is 0 Å². The van der Waals surface area contributed by atoms with Gasteiger partial charge in [0.05, 0.1) is 15.8 Å². The summed E-state index contributed by atoms with van der Waals surface area (Å²) in [5.41, 5.74) is 7.98. The molecule has 6 aromatic rings. The van der Waals surface area contributed by atoms with Crippen LogP contribution in [0.25, 0.3) is 27.3 Å². The van der Waals surface area contributed by atoms with Crippen molar-refractivity contribution in [2.75, 3.05) is 4.90 Å². The summed E-state index contributed by atoms with van der Waals surface area (Å²) in [6.07, 6.45) is 4.66. The topological polar surface area (TPSA) is 63.4 Å². The van der Waals surface area contributed by atoms with Gasteiger partial charge < -0.3 is 9.32 Å². The quantitative estimate of drug-likeness (QED) is 0.170. The van der Waals surface area contributed by atoms with Crippen LogP contribution in [0.3, 0.4) is 0 Å². The maximum Gasteiger partial charge on any atom is 0.199 e. The molecule has 188 valence electrons. The molecule has 3 heterocycles. The minimum absolute atomic E-state index is 0.167. The largest absolute Gasteiger partial charge is 0.455 e. The Labute approximate surface area is 228 Å². The zero-order valence-corrected chi connectivity index (χ0v) is 22.1. The average Bonchev–Trinajstić information content (AvgIpc) is 3.57. The second kappa shape index (κ2) is 8.89. The molecule has 7 rings (SSSR count). The molecule has 0 unspecified atom stereocenters. The van der Waals surface area contributed by atoms with Gasteiger partial charge in [-0.2, -0.15) is 0 Å². The Bertz CT molecular complexity index is 1880. The fourth-order valence-electron chi connectivity index (χ4n) is 5.04. The van der Waals surface area contributed by atoms with Gasteiger partial charge in [0.15, 0.2) is 11.6 Å². The number of nitrogens with zero attached hydrogens (tertiary/aromatic N) is 2. The van der Waals surface area contributed by atoms with Crippen LogP contribution in [0, 0.1) is 13.8 Å². The van der Waals surface area contributed by atoms with Crippen LogP contribution in [-0.2, 0) is 0 Å². The molecule has 39 heavy (non-hydrogen) atoms. The van der Waals surface area contributed by atoms with E-state index < -0.39 is 0 Å². The van der Waals surface area contributed by atoms with E-state index in [2.05, 4.69) is 90.5 Å². The molecule has 1 aliphatic rings. The Hall–Kier alpha value is -4.81. The number of hydrogen-bond donors (Lipinski definition) is 0. The lowest BCUT2D eigenvalue weighted by Crippen LogP contribution is -2.09. The zero-order valence-electron chi connectivity index (χ0n) is 21.3. The van der Waals surface area contributed by atoms with Gasteiger partial charge in [0.25, 0.3) is 0 Å². The molecule has 0 aliphatic heterocycles. The minimum Gasteiger partial charge on any atom is -0.455 e. The van der Waals surface area contributed by atoms with Crippen molar-refractivity contribution in [3.8, 4) is 0 Å². The number of rotatable bonds is 4. The van der Waals surface area contributed by atoms with Crippen molar-refractivity contribution in [2.24, 2.45) is 0 Å². The molecule has 0 radical (unpaired) electrons. The van der Waals surface area contributed by atoms with Gasteiger partial charge in [-0.3, -0.25) is 14.6 Å². The van der Waals surface area contributed by atoms with Gasteiger partial charge in [0, 0.05) is 51.3 Å². The highest BCUT2D eigenvalue weighted by molar-refractivity contribution is 7.20. The van der Waals surface area contributed by atoms with Crippen molar-refractivity contribution in [1.82, 2.24) is 4.98 Å². The van der Waals surface area contributed by atoms with Crippen molar-refractivity contribution in [3.05, 3.63) is 124 Å². The molecule has 0 spiro atoms. The lowest BCUT2D eigenvalue weighted by atomic mass is 10.1. The first-order chi connectivity index (χ1) is 19.0. The Kier molecular flexibility index (Phi) is 5.32. The van der Waals surface area contributed by atoms with Gasteiger partial charge in [-0.25, -0.2) is 0 Å². The van der Waals surface area contributed by atoms with E-state index in [1.54, 1.807) is 12.1 Å². The van der Waals surface area contributed by atoms with E-state index in [0.717, 1.165) is 43.2 Å². The number of fused-ring (bicyclic) bond motifs is 4. The second-order valence-corrected chi connectivity index (χ2v) is 10.9. The first-order valence-corrected chi connectivity index (χ1v) is 13.4. The van der Waals surface area contributed by atoms with Crippen molar-refractivity contribution >= 4 is 67.3 Å². The summed E-state index contributed by atoms with van der Waals surface area (Å²) in [4.78, 5) is 32.6. The summed E-state index contributed by atoms with van der Waals surface area (Å²) >= 11 is 1.51. The zero-order chi connectivity index (χ0) is 26.7. The Morgan fingerprint density at radius 2 is 1.38 bits per heavy atom. The molecule has 0 N–H and O–H groups in total. The Morgan fingerprint density at radius 1 is 0.744 bits per heavy atom. The van der Waals surface area contributed by atoms with Gasteiger partial charge in [0.1, 0.15) is 11.2 Å². The van der Waals surface area contributed by atoms with Crippen LogP contribution < -0.4 is 4.90 Å². The van der Waals surface area contributed by atoms with E-state index in [9.17, 15) is 9.59 Å². The number of thiophene rings is 1. The minimum atomic E-state index is -0.282. The molecule has 0 bridgehead atoms. The van der Waals surface area contributed by atoms with E-state index in [-0.39, 0.29) is 17.1 Å². The standard InChI is InChI=1S/C33H22N2O3S/c1-19-3-7-21(8-4-19)35(22-9-5-20(2)6-10-22)23-11-12-26-29(15-23)38-30-17-24(39-33(26)30)16-27-31(36)25-13-14-34-18-28(25)32(27)37/h3-18H,1-2H3/b27-16-. The van der Waals surface area contributed by atoms with Crippen LogP contribution in [0.4, 0.5) is 17.1 Å². The Morgan fingerprint density at radius 3 is 2.05 bits per heavy atom. The van der Waals surface area contributed by atoms with Gasteiger partial charge >= 0.3 is 0 Å². The smallest absolute Gasteiger partial charge is 0.199 e. The number of aromatic nitrogens is 1. The molecule has 0 atom stereocenters. The average molecular weight is 527 g/mol. The number of aryl methyl sites for hydroxylation is 2. The van der Waals surface area contributed by atoms with Crippen LogP contribution in [0.2, 0.25) is 0 Å². The van der Waals surface area contributed by atoms with Crippen molar-refractivity contribution in [1.29, 1.82) is 0 Å². The van der Waals surface area contributed by atoms with Crippen LogP contribution in [-0.4, -0.2) is 16.6 Å². The number of allylic oxidation sites excluding steroid dienone is 1. The highest BCUT2D eigenvalue weighted by Crippen LogP contribution is 2.41. The van der Waals surface area contributed by atoms with E-state index in [1.165, 1.54) is 34.9 Å². The van der Waals surface area contributed by atoms with Crippen LogP contribution in [0.15, 0.2) is 101 Å². The monoisotopic (exact) mass is 526 g/mol. The van der Waals surface area contributed by atoms with E-state index in [1.807, 2.05) is 6.07 Å². The number of furan rings is 1. The molecule has 0 amide bonds. The molecular weight excluding hydrogens is 504 g/mol. The molecule has 1 aliphatic carbocycles. The van der Waals surface area contributed by atoms with Crippen molar-refractivity contribution < 1.29 is 14.0 Å². The lowest BCUT2D eigenvalue weighted by molar-refractivity contribution is 0.0990. The third-order valence-electron chi connectivity index (χ3n) is 7.08. The summed E-state index contributed by atoms with van der Waals surface area (Å²) in [6.45, 7) is 4.17. The fraction of sp³-hybridized carbons (Fsp3) is 0.0606. The summed E-state index contributed by atoms with van der Waals surface area (Å²) in [5, 5.41) is 0.993. The number of carbonyl (C=O) groups excluding carboxylic acids is 2. The van der Waals surface area contributed by atoms with Gasteiger partial charge in [-0.1, -0.05) is 35.4 Å². The number of carbonyl (C=O) groups is 2.